The minimum atomic E-state index is -0.133. The van der Waals surface area contributed by atoms with Crippen molar-refractivity contribution in [2.45, 2.75) is 38.5 Å². The molecule has 1 atom stereocenters. The summed E-state index contributed by atoms with van der Waals surface area (Å²) in [6, 6.07) is 5.34. The van der Waals surface area contributed by atoms with Gasteiger partial charge in [0.15, 0.2) is 11.2 Å². The Kier molecular flexibility index (Phi) is 3.47. The van der Waals surface area contributed by atoms with Crippen LogP contribution in [0.5, 0.6) is 5.75 Å². The maximum absolute atomic E-state index is 12.7. The number of hydrogen-bond donors (Lipinski definition) is 1. The molecule has 0 saturated heterocycles. The topological polar surface area (TPSA) is 59.2 Å². The molecule has 0 radical (unpaired) electrons. The third-order valence-corrected chi connectivity index (χ3v) is 5.54. The molecule has 1 saturated carbocycles. The fourth-order valence-electron chi connectivity index (χ4n) is 4.33. The monoisotopic (exact) mass is 311 g/mol. The van der Waals surface area contributed by atoms with Gasteiger partial charge < -0.3 is 9.72 Å². The van der Waals surface area contributed by atoms with Gasteiger partial charge in [-0.3, -0.25) is 9.59 Å². The van der Waals surface area contributed by atoms with E-state index in [-0.39, 0.29) is 11.2 Å². The lowest BCUT2D eigenvalue weighted by Crippen LogP contribution is -2.31. The second-order valence-corrected chi connectivity index (χ2v) is 6.86. The maximum atomic E-state index is 12.7. The van der Waals surface area contributed by atoms with Crippen molar-refractivity contribution >= 4 is 16.7 Å². The fraction of sp³-hybridized carbons (Fsp3) is 0.474. The number of benzene rings is 1. The van der Waals surface area contributed by atoms with Crippen LogP contribution in [0.3, 0.4) is 0 Å². The highest BCUT2D eigenvalue weighted by Crippen LogP contribution is 2.38. The number of ether oxygens (including phenoxy) is 1. The molecule has 1 unspecified atom stereocenters. The van der Waals surface area contributed by atoms with E-state index in [4.69, 9.17) is 4.74 Å². The van der Waals surface area contributed by atoms with E-state index >= 15 is 0 Å². The Hall–Kier alpha value is -2.10. The Morgan fingerprint density at radius 2 is 1.87 bits per heavy atom. The number of aromatic amines is 1. The molecule has 4 rings (SSSR count). The summed E-state index contributed by atoms with van der Waals surface area (Å²) in [7, 11) is 1.61. The van der Waals surface area contributed by atoms with Crippen molar-refractivity contribution in [1.29, 1.82) is 0 Å². The third kappa shape index (κ3) is 2.37. The van der Waals surface area contributed by atoms with Gasteiger partial charge in [-0.05, 0) is 30.4 Å². The first-order valence-corrected chi connectivity index (χ1v) is 8.43. The molecular formula is C19H21NO3. The molecule has 0 aliphatic heterocycles. The van der Waals surface area contributed by atoms with Crippen LogP contribution < -0.4 is 10.2 Å². The van der Waals surface area contributed by atoms with Crippen LogP contribution in [0.25, 0.3) is 10.9 Å². The Labute approximate surface area is 134 Å². The molecule has 4 heteroatoms. The number of pyridine rings is 1. The van der Waals surface area contributed by atoms with Gasteiger partial charge in [0, 0.05) is 23.6 Å². The number of carbonyl (C=O) groups is 1. The van der Waals surface area contributed by atoms with Gasteiger partial charge in [-0.1, -0.05) is 25.7 Å². The average Bonchev–Trinajstić information content (AvgIpc) is 3.08. The van der Waals surface area contributed by atoms with Crippen LogP contribution in [0.15, 0.2) is 23.0 Å². The van der Waals surface area contributed by atoms with Crippen molar-refractivity contribution < 1.29 is 9.53 Å². The van der Waals surface area contributed by atoms with E-state index in [0.717, 1.165) is 17.6 Å². The average molecular weight is 311 g/mol. The summed E-state index contributed by atoms with van der Waals surface area (Å²) in [5.74, 6) is 1.75. The highest BCUT2D eigenvalue weighted by Gasteiger charge is 2.34. The molecule has 23 heavy (non-hydrogen) atoms. The van der Waals surface area contributed by atoms with E-state index in [1.807, 2.05) is 6.07 Å². The number of H-pyrrole nitrogens is 1. The van der Waals surface area contributed by atoms with Crippen LogP contribution >= 0.6 is 0 Å². The summed E-state index contributed by atoms with van der Waals surface area (Å²) in [6.07, 6.45) is 6.33. The van der Waals surface area contributed by atoms with E-state index < -0.39 is 0 Å². The zero-order valence-corrected chi connectivity index (χ0v) is 13.4. The molecular weight excluding hydrogens is 290 g/mol. The number of hydrogen-bond acceptors (Lipinski definition) is 3. The Balaban J connectivity index is 1.82. The first kappa shape index (κ1) is 14.5. The molecule has 1 aromatic carbocycles. The lowest BCUT2D eigenvalue weighted by atomic mass is 9.77. The molecule has 1 aromatic heterocycles. The van der Waals surface area contributed by atoms with Crippen LogP contribution in [0, 0.1) is 11.8 Å². The molecule has 1 heterocycles. The minimum Gasteiger partial charge on any atom is -0.497 e. The van der Waals surface area contributed by atoms with E-state index in [2.05, 4.69) is 4.98 Å². The van der Waals surface area contributed by atoms with Crippen molar-refractivity contribution in [3.8, 4) is 5.75 Å². The van der Waals surface area contributed by atoms with Crippen LogP contribution in [0.4, 0.5) is 0 Å². The van der Waals surface area contributed by atoms with Crippen molar-refractivity contribution in [2.24, 2.45) is 11.8 Å². The predicted octanol–water partition coefficient (Wildman–Crippen LogP) is 3.47. The molecule has 0 bridgehead atoms. The zero-order chi connectivity index (χ0) is 16.0. The number of carbonyl (C=O) groups excluding carboxylic acids is 1. The van der Waals surface area contributed by atoms with E-state index in [9.17, 15) is 9.59 Å². The summed E-state index contributed by atoms with van der Waals surface area (Å²) in [6.45, 7) is 0. The van der Waals surface area contributed by atoms with Crippen LogP contribution in [0.1, 0.15) is 48.2 Å². The highest BCUT2D eigenvalue weighted by atomic mass is 16.5. The van der Waals surface area contributed by atoms with Crippen molar-refractivity contribution in [3.05, 3.63) is 39.7 Å². The molecule has 2 aliphatic carbocycles. The number of methoxy groups -OCH3 is 1. The molecule has 0 amide bonds. The minimum absolute atomic E-state index is 0.0159. The molecule has 2 aliphatic rings. The molecule has 4 nitrogen and oxygen atoms in total. The summed E-state index contributed by atoms with van der Waals surface area (Å²) in [4.78, 5) is 28.7. The van der Waals surface area contributed by atoms with Gasteiger partial charge in [0.05, 0.1) is 18.2 Å². The zero-order valence-electron chi connectivity index (χ0n) is 13.4. The van der Waals surface area contributed by atoms with Gasteiger partial charge in [0.1, 0.15) is 5.75 Å². The number of Topliss-reactive ketones (excluding diaryl/α,β-unsaturated/α-hetero) is 1. The van der Waals surface area contributed by atoms with Gasteiger partial charge in [-0.25, -0.2) is 0 Å². The molecule has 1 fully saturated rings. The fourth-order valence-corrected chi connectivity index (χ4v) is 4.33. The Morgan fingerprint density at radius 3 is 2.61 bits per heavy atom. The normalized spacial score (nSPS) is 21.6. The number of ketones is 1. The molecule has 0 spiro atoms. The standard InChI is InChI=1S/C19H21NO3/c1-23-13-6-7-14-15(10-13)20-16-8-12(11-4-2-3-5-11)9-17(21)18(16)19(14)22/h6-7,10-12H,2-5,8-9H2,1H3,(H,20,22). The predicted molar refractivity (Wildman–Crippen MR) is 89.2 cm³/mol. The number of rotatable bonds is 2. The SMILES string of the molecule is COc1ccc2c(=O)c3c([nH]c2c1)CC(C1CCCC1)CC3=O. The van der Waals surface area contributed by atoms with E-state index in [1.165, 1.54) is 25.7 Å². The summed E-state index contributed by atoms with van der Waals surface area (Å²) >= 11 is 0. The van der Waals surface area contributed by atoms with Crippen LogP contribution in [-0.4, -0.2) is 17.9 Å². The van der Waals surface area contributed by atoms with Gasteiger partial charge in [-0.15, -0.1) is 0 Å². The number of aromatic nitrogens is 1. The summed E-state index contributed by atoms with van der Waals surface area (Å²) in [5, 5.41) is 0.567. The molecule has 1 N–H and O–H groups in total. The molecule has 120 valence electrons. The number of fused-ring (bicyclic) bond motifs is 2. The smallest absolute Gasteiger partial charge is 0.200 e. The largest absolute Gasteiger partial charge is 0.497 e. The van der Waals surface area contributed by atoms with E-state index in [1.54, 1.807) is 19.2 Å². The van der Waals surface area contributed by atoms with Crippen LogP contribution in [-0.2, 0) is 6.42 Å². The van der Waals surface area contributed by atoms with Gasteiger partial charge in [0.2, 0.25) is 0 Å². The summed E-state index contributed by atoms with van der Waals surface area (Å²) in [5.41, 5.74) is 1.83. The van der Waals surface area contributed by atoms with Crippen molar-refractivity contribution in [1.82, 2.24) is 4.98 Å². The quantitative estimate of drug-likeness (QED) is 0.924. The van der Waals surface area contributed by atoms with Gasteiger partial charge in [0.25, 0.3) is 0 Å². The lowest BCUT2D eigenvalue weighted by Gasteiger charge is -2.28. The van der Waals surface area contributed by atoms with Crippen LogP contribution in [0.2, 0.25) is 0 Å². The third-order valence-electron chi connectivity index (χ3n) is 5.54. The van der Waals surface area contributed by atoms with Crippen molar-refractivity contribution in [3.63, 3.8) is 0 Å². The van der Waals surface area contributed by atoms with Gasteiger partial charge >= 0.3 is 0 Å². The Bertz CT molecular complexity index is 830. The summed E-state index contributed by atoms with van der Waals surface area (Å²) < 4.78 is 5.24. The van der Waals surface area contributed by atoms with Gasteiger partial charge in [-0.2, -0.15) is 0 Å². The highest BCUT2D eigenvalue weighted by molar-refractivity contribution is 6.01. The molecule has 2 aromatic rings. The Morgan fingerprint density at radius 1 is 1.09 bits per heavy atom. The second kappa shape index (κ2) is 5.52. The van der Waals surface area contributed by atoms with Crippen molar-refractivity contribution in [2.75, 3.05) is 7.11 Å². The maximum Gasteiger partial charge on any atom is 0.200 e. The second-order valence-electron chi connectivity index (χ2n) is 6.86. The van der Waals surface area contributed by atoms with E-state index in [0.29, 0.717) is 35.0 Å². The lowest BCUT2D eigenvalue weighted by molar-refractivity contribution is 0.0924. The number of nitrogens with one attached hydrogen (secondary N) is 1. The first-order valence-electron chi connectivity index (χ1n) is 8.43. The first-order chi connectivity index (χ1) is 11.2.